The van der Waals surface area contributed by atoms with Crippen molar-refractivity contribution in [2.75, 3.05) is 18.0 Å². The fourth-order valence-corrected chi connectivity index (χ4v) is 2.90. The fraction of sp³-hybridized carbons (Fsp3) is 0.429. The van der Waals surface area contributed by atoms with Gasteiger partial charge in [0.05, 0.1) is 5.69 Å². The Hall–Kier alpha value is -1.98. The first-order valence-electron chi connectivity index (χ1n) is 6.64. The van der Waals surface area contributed by atoms with Gasteiger partial charge in [0.2, 0.25) is 11.8 Å². The van der Waals surface area contributed by atoms with Crippen molar-refractivity contribution in [2.24, 2.45) is 0 Å². The molecule has 6 heteroatoms. The van der Waals surface area contributed by atoms with E-state index in [-0.39, 0.29) is 30.5 Å². The molecule has 2 fully saturated rings. The fourth-order valence-electron chi connectivity index (χ4n) is 2.90. The highest BCUT2D eigenvalue weighted by Gasteiger charge is 2.40. The molecule has 1 aromatic carbocycles. The number of amides is 2. The number of halogens is 2. The Morgan fingerprint density at radius 3 is 2.70 bits per heavy atom. The second-order valence-corrected chi connectivity index (χ2v) is 5.08. The molecule has 2 aliphatic rings. The van der Waals surface area contributed by atoms with Crippen LogP contribution in [0.5, 0.6) is 0 Å². The summed E-state index contributed by atoms with van der Waals surface area (Å²) in [6, 6.07) is 2.61. The van der Waals surface area contributed by atoms with Crippen molar-refractivity contribution in [3.8, 4) is 0 Å². The van der Waals surface area contributed by atoms with Crippen LogP contribution < -0.4 is 4.90 Å². The van der Waals surface area contributed by atoms with Gasteiger partial charge in [0.15, 0.2) is 0 Å². The van der Waals surface area contributed by atoms with Crippen molar-refractivity contribution in [1.82, 2.24) is 4.90 Å². The zero-order valence-electron chi connectivity index (χ0n) is 10.8. The van der Waals surface area contributed by atoms with Crippen LogP contribution in [0.15, 0.2) is 18.2 Å². The maximum Gasteiger partial charge on any atom is 0.249 e. The smallest absolute Gasteiger partial charge is 0.249 e. The van der Waals surface area contributed by atoms with Crippen LogP contribution in [-0.4, -0.2) is 35.8 Å². The summed E-state index contributed by atoms with van der Waals surface area (Å²) >= 11 is 0. The van der Waals surface area contributed by atoms with Crippen LogP contribution in [0.25, 0.3) is 0 Å². The van der Waals surface area contributed by atoms with Crippen LogP contribution in [0, 0.1) is 11.6 Å². The molecule has 2 amide bonds. The monoisotopic (exact) mass is 280 g/mol. The molecule has 0 N–H and O–H groups in total. The Morgan fingerprint density at radius 1 is 1.15 bits per heavy atom. The molecule has 0 spiro atoms. The van der Waals surface area contributed by atoms with E-state index in [4.69, 9.17) is 0 Å². The summed E-state index contributed by atoms with van der Waals surface area (Å²) in [5.41, 5.74) is 0.0398. The number of benzene rings is 1. The Morgan fingerprint density at radius 2 is 1.95 bits per heavy atom. The summed E-state index contributed by atoms with van der Waals surface area (Å²) in [6.07, 6.45) is 1.55. The molecule has 0 saturated carbocycles. The maximum absolute atomic E-state index is 13.8. The number of fused-ring (bicyclic) bond motifs is 1. The van der Waals surface area contributed by atoms with Crippen molar-refractivity contribution in [2.45, 2.75) is 25.3 Å². The minimum atomic E-state index is -0.780. The molecule has 2 saturated heterocycles. The lowest BCUT2D eigenvalue weighted by atomic mass is 10.1. The molecule has 1 atom stereocenters. The van der Waals surface area contributed by atoms with E-state index in [1.807, 2.05) is 0 Å². The molecule has 2 heterocycles. The van der Waals surface area contributed by atoms with Gasteiger partial charge in [-0.3, -0.25) is 9.59 Å². The van der Waals surface area contributed by atoms with Gasteiger partial charge in [-0.15, -0.1) is 0 Å². The van der Waals surface area contributed by atoms with Crippen molar-refractivity contribution in [3.05, 3.63) is 29.8 Å². The lowest BCUT2D eigenvalue weighted by molar-refractivity contribution is -0.135. The third-order valence-corrected chi connectivity index (χ3v) is 3.87. The third kappa shape index (κ3) is 2.05. The highest BCUT2D eigenvalue weighted by molar-refractivity contribution is 6.01. The lowest BCUT2D eigenvalue weighted by Gasteiger charge is -2.25. The summed E-state index contributed by atoms with van der Waals surface area (Å²) in [4.78, 5) is 27.3. The van der Waals surface area contributed by atoms with Gasteiger partial charge >= 0.3 is 0 Å². The van der Waals surface area contributed by atoms with Gasteiger partial charge in [0, 0.05) is 25.6 Å². The number of hydrogen-bond acceptors (Lipinski definition) is 2. The quantitative estimate of drug-likeness (QED) is 0.785. The summed E-state index contributed by atoms with van der Waals surface area (Å²) < 4.78 is 26.8. The highest BCUT2D eigenvalue weighted by atomic mass is 19.1. The maximum atomic E-state index is 13.8. The molecule has 20 heavy (non-hydrogen) atoms. The molecule has 2 aliphatic heterocycles. The topological polar surface area (TPSA) is 40.6 Å². The van der Waals surface area contributed by atoms with Crippen LogP contribution in [0.1, 0.15) is 19.3 Å². The molecule has 0 bridgehead atoms. The number of rotatable bonds is 1. The first-order chi connectivity index (χ1) is 9.58. The van der Waals surface area contributed by atoms with E-state index in [0.717, 1.165) is 18.6 Å². The van der Waals surface area contributed by atoms with Crippen LogP contribution in [0.4, 0.5) is 14.5 Å². The average Bonchev–Trinajstić information content (AvgIpc) is 2.85. The van der Waals surface area contributed by atoms with Crippen molar-refractivity contribution in [1.29, 1.82) is 0 Å². The predicted molar refractivity (Wildman–Crippen MR) is 68.1 cm³/mol. The van der Waals surface area contributed by atoms with Gasteiger partial charge in [-0.05, 0) is 25.0 Å². The number of anilines is 1. The number of carbonyl (C=O) groups is 2. The second-order valence-electron chi connectivity index (χ2n) is 5.08. The molecule has 4 nitrogen and oxygen atoms in total. The Labute approximate surface area is 115 Å². The minimum absolute atomic E-state index is 0.0398. The van der Waals surface area contributed by atoms with Crippen molar-refractivity contribution >= 4 is 17.5 Å². The Balaban J connectivity index is 1.96. The van der Waals surface area contributed by atoms with E-state index in [9.17, 15) is 18.4 Å². The largest absolute Gasteiger partial charge is 0.331 e. The zero-order valence-corrected chi connectivity index (χ0v) is 10.8. The van der Waals surface area contributed by atoms with E-state index < -0.39 is 17.7 Å². The standard InChI is InChI=1S/C14H14F2N2O2/c15-9-3-4-11(10(16)8-9)18-7-5-13(19)17-6-1-2-12(17)14(18)20/h3-4,8,12H,1-2,5-7H2. The van der Waals surface area contributed by atoms with Gasteiger partial charge in [0.1, 0.15) is 17.7 Å². The summed E-state index contributed by atoms with van der Waals surface area (Å²) in [5, 5.41) is 0. The zero-order chi connectivity index (χ0) is 14.3. The van der Waals surface area contributed by atoms with Crippen LogP contribution in [-0.2, 0) is 9.59 Å². The molecule has 1 aromatic rings. The van der Waals surface area contributed by atoms with Gasteiger partial charge in [0.25, 0.3) is 0 Å². The third-order valence-electron chi connectivity index (χ3n) is 3.87. The molecule has 3 rings (SSSR count). The van der Waals surface area contributed by atoms with Crippen LogP contribution >= 0.6 is 0 Å². The summed E-state index contributed by atoms with van der Waals surface area (Å²) in [6.45, 7) is 0.711. The Kier molecular flexibility index (Phi) is 3.16. The summed E-state index contributed by atoms with van der Waals surface area (Å²) in [5.74, 6) is -1.82. The molecule has 0 aromatic heterocycles. The molecular formula is C14H14F2N2O2. The first-order valence-corrected chi connectivity index (χ1v) is 6.64. The molecular weight excluding hydrogens is 266 g/mol. The molecule has 0 radical (unpaired) electrons. The van der Waals surface area contributed by atoms with Gasteiger partial charge in [-0.1, -0.05) is 0 Å². The van der Waals surface area contributed by atoms with Crippen LogP contribution in [0.3, 0.4) is 0 Å². The van der Waals surface area contributed by atoms with Gasteiger partial charge in [-0.2, -0.15) is 0 Å². The number of hydrogen-bond donors (Lipinski definition) is 0. The van der Waals surface area contributed by atoms with E-state index >= 15 is 0 Å². The second kappa shape index (κ2) is 4.85. The number of nitrogens with zero attached hydrogens (tertiary/aromatic N) is 2. The van der Waals surface area contributed by atoms with Crippen molar-refractivity contribution < 1.29 is 18.4 Å². The van der Waals surface area contributed by atoms with E-state index in [2.05, 4.69) is 0 Å². The predicted octanol–water partition coefficient (Wildman–Crippen LogP) is 1.69. The molecule has 106 valence electrons. The highest BCUT2D eigenvalue weighted by Crippen LogP contribution is 2.28. The van der Waals surface area contributed by atoms with Gasteiger partial charge < -0.3 is 9.80 Å². The Bertz CT molecular complexity index is 576. The molecule has 1 unspecified atom stereocenters. The van der Waals surface area contributed by atoms with E-state index in [0.29, 0.717) is 13.0 Å². The first kappa shape index (κ1) is 13.0. The average molecular weight is 280 g/mol. The lowest BCUT2D eigenvalue weighted by Crippen LogP contribution is -2.44. The molecule has 0 aliphatic carbocycles. The minimum Gasteiger partial charge on any atom is -0.331 e. The SMILES string of the molecule is O=C1C2CCCN2C(=O)CCN1c1ccc(F)cc1F. The van der Waals surface area contributed by atoms with Gasteiger partial charge in [-0.25, -0.2) is 8.78 Å². The van der Waals surface area contributed by atoms with E-state index in [1.54, 1.807) is 4.90 Å². The van der Waals surface area contributed by atoms with E-state index in [1.165, 1.54) is 11.0 Å². The summed E-state index contributed by atoms with van der Waals surface area (Å²) in [7, 11) is 0. The van der Waals surface area contributed by atoms with Crippen molar-refractivity contribution in [3.63, 3.8) is 0 Å². The normalized spacial score (nSPS) is 23.0. The van der Waals surface area contributed by atoms with Crippen LogP contribution in [0.2, 0.25) is 0 Å². The number of carbonyl (C=O) groups excluding carboxylic acids is 2.